The second-order valence-corrected chi connectivity index (χ2v) is 8.77. The van der Waals surface area contributed by atoms with Crippen molar-refractivity contribution in [2.75, 3.05) is 19.7 Å². The van der Waals surface area contributed by atoms with Crippen LogP contribution in [0.2, 0.25) is 0 Å². The summed E-state index contributed by atoms with van der Waals surface area (Å²) in [5.41, 5.74) is 2.83. The molecule has 3 aromatic rings. The number of carbonyl (C=O) groups excluding carboxylic acids is 1. The van der Waals surface area contributed by atoms with Gasteiger partial charge >= 0.3 is 0 Å². The lowest BCUT2D eigenvalue weighted by Gasteiger charge is -2.37. The van der Waals surface area contributed by atoms with Crippen molar-refractivity contribution in [1.29, 1.82) is 0 Å². The fourth-order valence-electron chi connectivity index (χ4n) is 4.69. The molecule has 0 radical (unpaired) electrons. The van der Waals surface area contributed by atoms with Crippen LogP contribution in [0.3, 0.4) is 0 Å². The average Bonchev–Trinajstić information content (AvgIpc) is 3.34. The number of benzene rings is 2. The van der Waals surface area contributed by atoms with Gasteiger partial charge in [0.1, 0.15) is 11.8 Å². The van der Waals surface area contributed by atoms with Crippen LogP contribution in [0.1, 0.15) is 31.2 Å². The highest BCUT2D eigenvalue weighted by Crippen LogP contribution is 2.32. The van der Waals surface area contributed by atoms with Gasteiger partial charge in [0, 0.05) is 43.3 Å². The van der Waals surface area contributed by atoms with E-state index in [1.165, 1.54) is 0 Å². The molecule has 2 aliphatic heterocycles. The number of carbonyl (C=O) groups is 1. The van der Waals surface area contributed by atoms with E-state index in [-0.39, 0.29) is 12.0 Å². The molecule has 4 nitrogen and oxygen atoms in total. The Labute approximate surface area is 182 Å². The lowest BCUT2D eigenvalue weighted by atomic mass is 9.86. The molecule has 2 aliphatic rings. The summed E-state index contributed by atoms with van der Waals surface area (Å²) in [5, 5.41) is 1.11. The Hall–Kier alpha value is -2.79. The minimum atomic E-state index is -1.26. The summed E-state index contributed by atoms with van der Waals surface area (Å²) in [7, 11) is 0. The zero-order valence-electron chi connectivity index (χ0n) is 17.6. The highest BCUT2D eigenvalue weighted by atomic mass is 19.1. The largest absolute Gasteiger partial charge is 0.368 e. The molecule has 3 heterocycles. The fourth-order valence-corrected chi connectivity index (χ4v) is 4.69. The number of alkyl halides is 1. The van der Waals surface area contributed by atoms with E-state index in [1.54, 1.807) is 4.90 Å². The number of likely N-dealkylation sites (tertiary alicyclic amines) is 1. The number of nitrogens with zero attached hydrogens (tertiary/aromatic N) is 2. The number of ether oxygens (including phenoxy) is 1. The fraction of sp³-hybridized carbons (Fsp3) is 0.385. The zero-order valence-corrected chi connectivity index (χ0v) is 17.6. The van der Waals surface area contributed by atoms with Gasteiger partial charge in [-0.3, -0.25) is 9.78 Å². The zero-order chi connectivity index (χ0) is 21.3. The van der Waals surface area contributed by atoms with E-state index in [9.17, 15) is 4.79 Å². The Balaban J connectivity index is 1.22. The molecule has 1 atom stereocenters. The Morgan fingerprint density at radius 2 is 1.87 bits per heavy atom. The lowest BCUT2D eigenvalue weighted by Crippen LogP contribution is -2.48. The SMILES string of the molecule is O=C(C1CCCO1)N1CCC(F)(Cc2ccc(-c3cnc4ccccc4c3)cc2)CC1. The molecule has 5 heteroatoms. The quantitative estimate of drug-likeness (QED) is 0.602. The van der Waals surface area contributed by atoms with Gasteiger partial charge < -0.3 is 9.64 Å². The molecule has 2 aromatic carbocycles. The summed E-state index contributed by atoms with van der Waals surface area (Å²) in [4.78, 5) is 18.8. The molecule has 160 valence electrons. The van der Waals surface area contributed by atoms with E-state index < -0.39 is 5.67 Å². The van der Waals surface area contributed by atoms with Crippen LogP contribution in [0.5, 0.6) is 0 Å². The van der Waals surface area contributed by atoms with Crippen LogP contribution < -0.4 is 0 Å². The third-order valence-electron chi connectivity index (χ3n) is 6.58. The number of piperidine rings is 1. The molecule has 1 amide bonds. The van der Waals surface area contributed by atoms with Crippen molar-refractivity contribution < 1.29 is 13.9 Å². The lowest BCUT2D eigenvalue weighted by molar-refractivity contribution is -0.143. The highest BCUT2D eigenvalue weighted by Gasteiger charge is 2.38. The first-order valence-corrected chi connectivity index (χ1v) is 11.1. The normalized spacial score (nSPS) is 20.8. The average molecular weight is 419 g/mol. The third kappa shape index (κ3) is 4.33. The van der Waals surface area contributed by atoms with Gasteiger partial charge in [-0.1, -0.05) is 42.5 Å². The number of pyridine rings is 1. The van der Waals surface area contributed by atoms with Crippen molar-refractivity contribution in [3.05, 3.63) is 66.4 Å². The molecule has 0 bridgehead atoms. The van der Waals surface area contributed by atoms with Crippen molar-refractivity contribution in [3.8, 4) is 11.1 Å². The molecule has 0 aliphatic carbocycles. The second kappa shape index (κ2) is 8.39. The maximum atomic E-state index is 15.5. The van der Waals surface area contributed by atoms with Crippen LogP contribution in [-0.2, 0) is 16.0 Å². The van der Waals surface area contributed by atoms with Crippen molar-refractivity contribution in [3.63, 3.8) is 0 Å². The van der Waals surface area contributed by atoms with Crippen LogP contribution in [0.25, 0.3) is 22.0 Å². The van der Waals surface area contributed by atoms with Gasteiger partial charge in [-0.15, -0.1) is 0 Å². The molecule has 1 aromatic heterocycles. The maximum absolute atomic E-state index is 15.5. The van der Waals surface area contributed by atoms with Crippen LogP contribution in [0.15, 0.2) is 60.8 Å². The van der Waals surface area contributed by atoms with E-state index >= 15 is 4.39 Å². The van der Waals surface area contributed by atoms with Gasteiger partial charge in [-0.05, 0) is 48.9 Å². The Morgan fingerprint density at radius 3 is 2.61 bits per heavy atom. The van der Waals surface area contributed by atoms with E-state index in [2.05, 4.69) is 17.1 Å². The van der Waals surface area contributed by atoms with Gasteiger partial charge in [-0.25, -0.2) is 4.39 Å². The van der Waals surface area contributed by atoms with Crippen molar-refractivity contribution in [2.24, 2.45) is 0 Å². The van der Waals surface area contributed by atoms with Crippen LogP contribution >= 0.6 is 0 Å². The Bertz CT molecular complexity index is 1070. The van der Waals surface area contributed by atoms with Gasteiger partial charge in [0.05, 0.1) is 5.52 Å². The molecular weight excluding hydrogens is 391 g/mol. The highest BCUT2D eigenvalue weighted by molar-refractivity contribution is 5.83. The first-order valence-electron chi connectivity index (χ1n) is 11.1. The minimum Gasteiger partial charge on any atom is -0.368 e. The maximum Gasteiger partial charge on any atom is 0.251 e. The molecule has 0 spiro atoms. The van der Waals surface area contributed by atoms with E-state index in [4.69, 9.17) is 4.74 Å². The summed E-state index contributed by atoms with van der Waals surface area (Å²) >= 11 is 0. The second-order valence-electron chi connectivity index (χ2n) is 8.77. The van der Waals surface area contributed by atoms with Gasteiger partial charge in [0.25, 0.3) is 5.91 Å². The summed E-state index contributed by atoms with van der Waals surface area (Å²) in [5.74, 6) is 0.0351. The number of para-hydroxylation sites is 1. The Kier molecular flexibility index (Phi) is 5.45. The first-order chi connectivity index (χ1) is 15.1. The summed E-state index contributed by atoms with van der Waals surface area (Å²) in [6, 6.07) is 18.3. The van der Waals surface area contributed by atoms with Crippen molar-refractivity contribution in [1.82, 2.24) is 9.88 Å². The molecule has 1 unspecified atom stereocenters. The number of hydrogen-bond acceptors (Lipinski definition) is 3. The predicted octanol–water partition coefficient (Wildman–Crippen LogP) is 4.95. The topological polar surface area (TPSA) is 42.4 Å². The minimum absolute atomic E-state index is 0.0351. The van der Waals surface area contributed by atoms with E-state index in [1.807, 2.05) is 48.7 Å². The number of rotatable bonds is 4. The number of hydrogen-bond donors (Lipinski definition) is 0. The van der Waals surface area contributed by atoms with Crippen molar-refractivity contribution >= 4 is 16.8 Å². The van der Waals surface area contributed by atoms with Crippen LogP contribution in [-0.4, -0.2) is 47.3 Å². The summed E-state index contributed by atoms with van der Waals surface area (Å²) < 4.78 is 21.0. The number of fused-ring (bicyclic) bond motifs is 1. The molecule has 2 saturated heterocycles. The first kappa shape index (κ1) is 20.1. The van der Waals surface area contributed by atoms with Crippen LogP contribution in [0, 0.1) is 0 Å². The molecule has 2 fully saturated rings. The monoisotopic (exact) mass is 418 g/mol. The predicted molar refractivity (Wildman–Crippen MR) is 120 cm³/mol. The molecule has 0 N–H and O–H groups in total. The molecule has 5 rings (SSSR count). The van der Waals surface area contributed by atoms with Gasteiger partial charge in [-0.2, -0.15) is 0 Å². The van der Waals surface area contributed by atoms with Crippen LogP contribution in [0.4, 0.5) is 4.39 Å². The summed E-state index contributed by atoms with van der Waals surface area (Å²) in [6.45, 7) is 1.59. The molecule has 31 heavy (non-hydrogen) atoms. The smallest absolute Gasteiger partial charge is 0.251 e. The molecule has 0 saturated carbocycles. The van der Waals surface area contributed by atoms with Gasteiger partial charge in [0.2, 0.25) is 0 Å². The standard InChI is InChI=1S/C26H27FN2O2/c27-26(11-13-29(14-12-26)25(30)24-6-3-15-31-24)17-19-7-9-20(10-8-19)22-16-21-4-1-2-5-23(21)28-18-22/h1-2,4-5,7-10,16,18,24H,3,6,11-15,17H2. The number of aromatic nitrogens is 1. The number of amides is 1. The summed E-state index contributed by atoms with van der Waals surface area (Å²) in [6.07, 6.45) is 4.42. The molecular formula is C26H27FN2O2. The van der Waals surface area contributed by atoms with E-state index in [0.29, 0.717) is 39.0 Å². The van der Waals surface area contributed by atoms with Crippen molar-refractivity contribution in [2.45, 2.75) is 43.9 Å². The van der Waals surface area contributed by atoms with E-state index in [0.717, 1.165) is 40.4 Å². The Morgan fingerprint density at radius 1 is 1.10 bits per heavy atom. The van der Waals surface area contributed by atoms with Gasteiger partial charge in [0.15, 0.2) is 0 Å². The number of halogens is 1. The third-order valence-corrected chi connectivity index (χ3v) is 6.58.